The number of hydrogen-bond acceptors (Lipinski definition) is 5. The number of benzene rings is 2. The molecule has 0 saturated carbocycles. The summed E-state index contributed by atoms with van der Waals surface area (Å²) in [6, 6.07) is 13.4. The van der Waals surface area contributed by atoms with Crippen LogP contribution in [0.2, 0.25) is 0 Å². The van der Waals surface area contributed by atoms with Crippen molar-refractivity contribution in [3.8, 4) is 11.8 Å². The van der Waals surface area contributed by atoms with Crippen molar-refractivity contribution >= 4 is 11.7 Å². The maximum Gasteiger partial charge on any atom is 0.300 e. The third-order valence-corrected chi connectivity index (χ3v) is 4.11. The normalized spacial score (nSPS) is 14.3. The molecular weight excluding hydrogens is 375 g/mol. The lowest BCUT2D eigenvalue weighted by Gasteiger charge is -2.12. The number of nitriles is 1. The Labute approximate surface area is 166 Å². The van der Waals surface area contributed by atoms with Crippen LogP contribution in [-0.4, -0.2) is 31.4 Å². The van der Waals surface area contributed by atoms with Gasteiger partial charge in [0.15, 0.2) is 5.82 Å². The van der Waals surface area contributed by atoms with Gasteiger partial charge in [0.2, 0.25) is 6.23 Å². The van der Waals surface area contributed by atoms with Crippen LogP contribution < -0.4 is 0 Å². The number of aryl methyl sites for hydroxylation is 1. The molecule has 29 heavy (non-hydrogen) atoms. The molecule has 1 aliphatic heterocycles. The smallest absolute Gasteiger partial charge is 0.300 e. The first-order valence-corrected chi connectivity index (χ1v) is 8.63. The number of carboxylic acid groups (broad SMARTS) is 1. The van der Waals surface area contributed by atoms with Crippen molar-refractivity contribution in [1.29, 1.82) is 5.26 Å². The standard InChI is InChI=1S/C19H13FN4O.C2H4O2/c1-11-10-24-16-7-6-12(9-21)8-14(16)17(23-19(25)18(24)22-11)13-4-2-3-5-15(13)20;1-2(3)4/h2-8,10,19,25H,1H3;1H3,(H,3,4). The topological polar surface area (TPSA) is 112 Å². The lowest BCUT2D eigenvalue weighted by Crippen LogP contribution is -2.09. The van der Waals surface area contributed by atoms with Gasteiger partial charge in [-0.05, 0) is 37.3 Å². The zero-order valence-electron chi connectivity index (χ0n) is 15.7. The van der Waals surface area contributed by atoms with Gasteiger partial charge in [-0.15, -0.1) is 0 Å². The number of aliphatic hydroxyl groups excluding tert-OH is 1. The summed E-state index contributed by atoms with van der Waals surface area (Å²) in [6.45, 7) is 2.90. The Hall–Kier alpha value is -3.83. The van der Waals surface area contributed by atoms with Crippen molar-refractivity contribution in [1.82, 2.24) is 9.55 Å². The monoisotopic (exact) mass is 392 g/mol. The number of fused-ring (bicyclic) bond motifs is 3. The molecule has 0 radical (unpaired) electrons. The van der Waals surface area contributed by atoms with Crippen molar-refractivity contribution in [2.24, 2.45) is 4.99 Å². The summed E-state index contributed by atoms with van der Waals surface area (Å²) in [7, 11) is 0. The average Bonchev–Trinajstić information content (AvgIpc) is 3.03. The maximum absolute atomic E-state index is 14.4. The minimum Gasteiger partial charge on any atom is -0.481 e. The van der Waals surface area contributed by atoms with E-state index in [-0.39, 0.29) is 5.56 Å². The molecular formula is C21H17FN4O3. The number of aliphatic imine (C=N–C) groups is 1. The fourth-order valence-corrected chi connectivity index (χ4v) is 3.01. The summed E-state index contributed by atoms with van der Waals surface area (Å²) >= 11 is 0. The summed E-state index contributed by atoms with van der Waals surface area (Å²) in [5.74, 6) is -0.924. The van der Waals surface area contributed by atoms with Crippen molar-refractivity contribution in [2.45, 2.75) is 20.1 Å². The molecule has 7 nitrogen and oxygen atoms in total. The molecule has 3 aromatic rings. The molecule has 0 bridgehead atoms. The fourth-order valence-electron chi connectivity index (χ4n) is 3.01. The van der Waals surface area contributed by atoms with Crippen LogP contribution >= 0.6 is 0 Å². The van der Waals surface area contributed by atoms with Gasteiger partial charge < -0.3 is 10.2 Å². The second-order valence-electron chi connectivity index (χ2n) is 6.30. The molecule has 0 fully saturated rings. The largest absolute Gasteiger partial charge is 0.481 e. The predicted molar refractivity (Wildman–Crippen MR) is 103 cm³/mol. The van der Waals surface area contributed by atoms with Crippen molar-refractivity contribution < 1.29 is 19.4 Å². The molecule has 1 unspecified atom stereocenters. The zero-order chi connectivity index (χ0) is 21.1. The number of rotatable bonds is 1. The summed E-state index contributed by atoms with van der Waals surface area (Å²) < 4.78 is 16.1. The van der Waals surface area contributed by atoms with Gasteiger partial charge in [-0.25, -0.2) is 14.4 Å². The molecule has 4 rings (SSSR count). The van der Waals surface area contributed by atoms with Gasteiger partial charge in [0.1, 0.15) is 5.82 Å². The Bertz CT molecular complexity index is 1160. The van der Waals surface area contributed by atoms with Crippen LogP contribution in [0.4, 0.5) is 4.39 Å². The fraction of sp³-hybridized carbons (Fsp3) is 0.143. The second kappa shape index (κ2) is 8.04. The average molecular weight is 392 g/mol. The lowest BCUT2D eigenvalue weighted by atomic mass is 9.98. The van der Waals surface area contributed by atoms with Crippen LogP contribution in [0.25, 0.3) is 5.69 Å². The first-order valence-electron chi connectivity index (χ1n) is 8.63. The van der Waals surface area contributed by atoms with Crippen LogP contribution in [0.15, 0.2) is 53.7 Å². The first kappa shape index (κ1) is 19.9. The van der Waals surface area contributed by atoms with E-state index in [0.29, 0.717) is 28.4 Å². The molecule has 8 heteroatoms. The molecule has 0 saturated heterocycles. The van der Waals surface area contributed by atoms with Crippen molar-refractivity contribution in [3.63, 3.8) is 0 Å². The van der Waals surface area contributed by atoms with Crippen LogP contribution in [0.3, 0.4) is 0 Å². The van der Waals surface area contributed by atoms with E-state index in [1.54, 1.807) is 47.2 Å². The Kier molecular flexibility index (Phi) is 5.52. The van der Waals surface area contributed by atoms with E-state index < -0.39 is 18.0 Å². The van der Waals surface area contributed by atoms with Crippen LogP contribution in [0.5, 0.6) is 0 Å². The van der Waals surface area contributed by atoms with E-state index >= 15 is 0 Å². The summed E-state index contributed by atoms with van der Waals surface area (Å²) in [5.41, 5.74) is 2.97. The van der Waals surface area contributed by atoms with Crippen LogP contribution in [-0.2, 0) is 4.79 Å². The maximum atomic E-state index is 14.4. The number of aliphatic hydroxyl groups is 1. The Morgan fingerprint density at radius 2 is 1.93 bits per heavy atom. The highest BCUT2D eigenvalue weighted by molar-refractivity contribution is 6.15. The highest BCUT2D eigenvalue weighted by atomic mass is 19.1. The number of aromatic nitrogens is 2. The number of halogens is 1. The van der Waals surface area contributed by atoms with Gasteiger partial charge in [0.05, 0.1) is 28.7 Å². The number of carbonyl (C=O) groups is 1. The van der Waals surface area contributed by atoms with Gasteiger partial charge in [-0.1, -0.05) is 12.1 Å². The third kappa shape index (κ3) is 4.05. The van der Waals surface area contributed by atoms with E-state index in [2.05, 4.69) is 16.0 Å². The van der Waals surface area contributed by atoms with E-state index in [1.807, 2.05) is 6.92 Å². The van der Waals surface area contributed by atoms with E-state index in [4.69, 9.17) is 9.90 Å². The van der Waals surface area contributed by atoms with E-state index in [9.17, 15) is 14.8 Å². The van der Waals surface area contributed by atoms with E-state index in [1.165, 1.54) is 6.07 Å². The minimum absolute atomic E-state index is 0.264. The van der Waals surface area contributed by atoms with Crippen molar-refractivity contribution in [3.05, 3.63) is 82.7 Å². The number of aliphatic carboxylic acids is 1. The first-order chi connectivity index (χ1) is 13.8. The highest BCUT2D eigenvalue weighted by Gasteiger charge is 2.26. The lowest BCUT2D eigenvalue weighted by molar-refractivity contribution is -0.134. The quantitative estimate of drug-likeness (QED) is 0.661. The third-order valence-electron chi connectivity index (χ3n) is 4.11. The molecule has 2 aromatic carbocycles. The van der Waals surface area contributed by atoms with Crippen LogP contribution in [0, 0.1) is 24.1 Å². The number of nitrogens with zero attached hydrogens (tertiary/aromatic N) is 4. The summed E-state index contributed by atoms with van der Waals surface area (Å²) in [5, 5.41) is 27.2. The minimum atomic E-state index is -1.23. The molecule has 0 aliphatic carbocycles. The number of carboxylic acids is 1. The number of hydrogen-bond donors (Lipinski definition) is 2. The number of imidazole rings is 1. The highest BCUT2D eigenvalue weighted by Crippen LogP contribution is 2.30. The molecule has 1 aliphatic rings. The van der Waals surface area contributed by atoms with Gasteiger partial charge in [0, 0.05) is 24.2 Å². The molecule has 2 N–H and O–H groups in total. The molecule has 146 valence electrons. The van der Waals surface area contributed by atoms with E-state index in [0.717, 1.165) is 12.6 Å². The van der Waals surface area contributed by atoms with Gasteiger partial charge in [0.25, 0.3) is 5.97 Å². The molecule has 1 aromatic heterocycles. The summed E-state index contributed by atoms with van der Waals surface area (Å²) in [6.07, 6.45) is 0.546. The molecule has 0 amide bonds. The SMILES string of the molecule is CC(=O)O.Cc1cn2c(n1)C(O)N=C(c1ccccc1F)c1cc(C#N)ccc1-2. The second-order valence-corrected chi connectivity index (χ2v) is 6.30. The summed E-state index contributed by atoms with van der Waals surface area (Å²) in [4.78, 5) is 17.6. The Morgan fingerprint density at radius 3 is 2.59 bits per heavy atom. The Balaban J connectivity index is 0.000000552. The molecule has 1 atom stereocenters. The van der Waals surface area contributed by atoms with Crippen LogP contribution in [0.1, 0.15) is 41.4 Å². The van der Waals surface area contributed by atoms with Gasteiger partial charge in [-0.3, -0.25) is 9.36 Å². The van der Waals surface area contributed by atoms with Gasteiger partial charge >= 0.3 is 0 Å². The Morgan fingerprint density at radius 1 is 1.24 bits per heavy atom. The molecule has 2 heterocycles. The zero-order valence-corrected chi connectivity index (χ0v) is 15.7. The molecule has 0 spiro atoms. The predicted octanol–water partition coefficient (Wildman–Crippen LogP) is 3.12. The van der Waals surface area contributed by atoms with Crippen molar-refractivity contribution in [2.75, 3.05) is 0 Å². The van der Waals surface area contributed by atoms with Gasteiger partial charge in [-0.2, -0.15) is 5.26 Å².